The number of nitrogens with zero attached hydrogens (tertiary/aromatic N) is 2. The molecular weight excluding hydrogens is 264 g/mol. The maximum absolute atomic E-state index is 9.65. The molecule has 19 heavy (non-hydrogen) atoms. The van der Waals surface area contributed by atoms with E-state index in [-0.39, 0.29) is 11.4 Å². The van der Waals surface area contributed by atoms with Crippen LogP contribution in [0.3, 0.4) is 0 Å². The fourth-order valence-electron chi connectivity index (χ4n) is 1.92. The molecule has 5 nitrogen and oxygen atoms in total. The Bertz CT molecular complexity index is 649. The van der Waals surface area contributed by atoms with Gasteiger partial charge in [0, 0.05) is 17.0 Å². The summed E-state index contributed by atoms with van der Waals surface area (Å²) >= 11 is 5.84. The molecule has 2 aromatic rings. The minimum absolute atomic E-state index is 0.159. The van der Waals surface area contributed by atoms with Gasteiger partial charge >= 0.3 is 0 Å². The molecular formula is C13H15ClN4O. The van der Waals surface area contributed by atoms with Gasteiger partial charge in [0.1, 0.15) is 5.82 Å². The van der Waals surface area contributed by atoms with Crippen molar-refractivity contribution in [2.24, 2.45) is 0 Å². The first-order valence-electron chi connectivity index (χ1n) is 5.91. The van der Waals surface area contributed by atoms with Crippen molar-refractivity contribution < 1.29 is 5.21 Å². The number of anilines is 1. The second kappa shape index (κ2) is 5.32. The number of hydrogen-bond donors (Lipinski definition) is 3. The van der Waals surface area contributed by atoms with Gasteiger partial charge in [0.2, 0.25) is 0 Å². The summed E-state index contributed by atoms with van der Waals surface area (Å²) in [6, 6.07) is 7.41. The number of hydrogen-bond acceptors (Lipinski definition) is 4. The van der Waals surface area contributed by atoms with Crippen molar-refractivity contribution >= 4 is 17.4 Å². The summed E-state index contributed by atoms with van der Waals surface area (Å²) in [7, 11) is 0. The highest BCUT2D eigenvalue weighted by molar-refractivity contribution is 6.30. The molecule has 1 aromatic heterocycles. The lowest BCUT2D eigenvalue weighted by Gasteiger charge is -2.13. The molecule has 0 fully saturated rings. The molecule has 0 saturated heterocycles. The number of nitrogens with one attached hydrogen (secondary N) is 1. The predicted molar refractivity (Wildman–Crippen MR) is 73.3 cm³/mol. The van der Waals surface area contributed by atoms with Crippen LogP contribution in [-0.2, 0) is 12.8 Å². The largest absolute Gasteiger partial charge is 0.423 e. The molecule has 0 atom stereocenters. The maximum Gasteiger partial charge on any atom is 0.257 e. The van der Waals surface area contributed by atoms with Crippen molar-refractivity contribution in [3.63, 3.8) is 0 Å². The number of aromatic nitrogens is 2. The van der Waals surface area contributed by atoms with Gasteiger partial charge in [0.15, 0.2) is 0 Å². The molecule has 4 N–H and O–H groups in total. The maximum atomic E-state index is 9.65. The second-order valence-electron chi connectivity index (χ2n) is 4.21. The highest BCUT2D eigenvalue weighted by Gasteiger charge is 2.12. The van der Waals surface area contributed by atoms with Crippen molar-refractivity contribution in [2.45, 2.75) is 19.8 Å². The van der Waals surface area contributed by atoms with Gasteiger partial charge in [-0.15, -0.1) is 4.73 Å². The zero-order chi connectivity index (χ0) is 14.0. The molecule has 0 radical (unpaired) electrons. The molecule has 6 heteroatoms. The summed E-state index contributed by atoms with van der Waals surface area (Å²) < 4.78 is 0.602. The molecule has 1 aromatic carbocycles. The summed E-state index contributed by atoms with van der Waals surface area (Å²) in [5.74, 6) is 0.159. The Morgan fingerprint density at radius 3 is 2.58 bits per heavy atom. The Hall–Kier alpha value is -2.01. The summed E-state index contributed by atoms with van der Waals surface area (Å²) in [4.78, 5) is 4.04. The lowest BCUT2D eigenvalue weighted by atomic mass is 10.0. The number of nitrogens with two attached hydrogens (primary N) is 1. The zero-order valence-corrected chi connectivity index (χ0v) is 11.3. The van der Waals surface area contributed by atoms with Crippen LogP contribution in [0, 0.1) is 5.41 Å². The van der Waals surface area contributed by atoms with Crippen LogP contribution in [0.15, 0.2) is 24.3 Å². The molecule has 1 heterocycles. The summed E-state index contributed by atoms with van der Waals surface area (Å²) in [6.45, 7) is 1.94. The molecule has 0 aliphatic carbocycles. The monoisotopic (exact) mass is 278 g/mol. The van der Waals surface area contributed by atoms with Gasteiger partial charge < -0.3 is 10.9 Å². The van der Waals surface area contributed by atoms with Gasteiger partial charge in [-0.3, -0.25) is 5.41 Å². The van der Waals surface area contributed by atoms with Crippen molar-refractivity contribution in [2.75, 3.05) is 5.73 Å². The fourth-order valence-corrected chi connectivity index (χ4v) is 2.05. The Labute approximate surface area is 115 Å². The molecule has 0 unspecified atom stereocenters. The van der Waals surface area contributed by atoms with Crippen LogP contribution < -0.4 is 11.4 Å². The average molecular weight is 279 g/mol. The minimum atomic E-state index is -0.255. The lowest BCUT2D eigenvalue weighted by molar-refractivity contribution is 0.170. The van der Waals surface area contributed by atoms with E-state index in [2.05, 4.69) is 4.98 Å². The van der Waals surface area contributed by atoms with E-state index in [4.69, 9.17) is 22.7 Å². The minimum Gasteiger partial charge on any atom is -0.423 e. The molecule has 0 saturated carbocycles. The third-order valence-corrected chi connectivity index (χ3v) is 3.21. The van der Waals surface area contributed by atoms with Gasteiger partial charge in [0.05, 0.1) is 5.69 Å². The molecule has 0 spiro atoms. The van der Waals surface area contributed by atoms with E-state index in [0.29, 0.717) is 22.6 Å². The highest BCUT2D eigenvalue weighted by atomic mass is 35.5. The SMILES string of the molecule is CCc1nc(=N)n(O)c(N)c1Cc1ccc(Cl)cc1. The van der Waals surface area contributed by atoms with E-state index < -0.39 is 0 Å². The first-order valence-corrected chi connectivity index (χ1v) is 6.29. The van der Waals surface area contributed by atoms with E-state index in [1.807, 2.05) is 19.1 Å². The molecule has 0 bridgehead atoms. The Balaban J connectivity index is 2.47. The van der Waals surface area contributed by atoms with Crippen LogP contribution >= 0.6 is 11.6 Å². The fraction of sp³-hybridized carbons (Fsp3) is 0.231. The van der Waals surface area contributed by atoms with Gasteiger partial charge in [0.25, 0.3) is 5.62 Å². The van der Waals surface area contributed by atoms with Crippen LogP contribution in [0.5, 0.6) is 0 Å². The smallest absolute Gasteiger partial charge is 0.257 e. The summed E-state index contributed by atoms with van der Waals surface area (Å²) in [6.07, 6.45) is 1.19. The van der Waals surface area contributed by atoms with Gasteiger partial charge in [-0.2, -0.15) is 0 Å². The van der Waals surface area contributed by atoms with E-state index in [0.717, 1.165) is 16.8 Å². The van der Waals surface area contributed by atoms with Crippen LogP contribution in [0.25, 0.3) is 0 Å². The zero-order valence-electron chi connectivity index (χ0n) is 10.5. The number of nitrogen functional groups attached to an aromatic ring is 1. The molecule has 2 rings (SSSR count). The standard InChI is InChI=1S/C13H15ClN4O/c1-2-11-10(12(15)18(19)13(16)17-11)7-8-3-5-9(14)6-4-8/h3-6,16,19H,2,7,15H2,1H3. The lowest BCUT2D eigenvalue weighted by Crippen LogP contribution is -2.27. The van der Waals surface area contributed by atoms with Crippen molar-refractivity contribution in [3.05, 3.63) is 51.7 Å². The van der Waals surface area contributed by atoms with Crippen molar-refractivity contribution in [3.8, 4) is 0 Å². The Kier molecular flexibility index (Phi) is 3.76. The van der Waals surface area contributed by atoms with Crippen LogP contribution in [-0.4, -0.2) is 14.9 Å². The van der Waals surface area contributed by atoms with E-state index >= 15 is 0 Å². The van der Waals surface area contributed by atoms with E-state index in [9.17, 15) is 5.21 Å². The third-order valence-electron chi connectivity index (χ3n) is 2.96. The van der Waals surface area contributed by atoms with Crippen LogP contribution in [0.4, 0.5) is 5.82 Å². The van der Waals surface area contributed by atoms with Gasteiger partial charge in [-0.05, 0) is 24.1 Å². The van der Waals surface area contributed by atoms with Crippen LogP contribution in [0.1, 0.15) is 23.7 Å². The average Bonchev–Trinajstić information content (AvgIpc) is 2.41. The number of aryl methyl sites for hydroxylation is 1. The van der Waals surface area contributed by atoms with E-state index in [1.54, 1.807) is 12.1 Å². The number of rotatable bonds is 3. The van der Waals surface area contributed by atoms with Crippen molar-refractivity contribution in [1.82, 2.24) is 9.71 Å². The third kappa shape index (κ3) is 2.71. The molecule has 0 aliphatic rings. The number of benzene rings is 1. The van der Waals surface area contributed by atoms with Crippen molar-refractivity contribution in [1.29, 1.82) is 5.41 Å². The highest BCUT2D eigenvalue weighted by Crippen LogP contribution is 2.19. The van der Waals surface area contributed by atoms with Crippen LogP contribution in [0.2, 0.25) is 5.02 Å². The molecule has 0 aliphatic heterocycles. The quantitative estimate of drug-likeness (QED) is 0.750. The molecule has 0 amide bonds. The normalized spacial score (nSPS) is 10.6. The van der Waals surface area contributed by atoms with E-state index in [1.165, 1.54) is 0 Å². The summed E-state index contributed by atoms with van der Waals surface area (Å²) in [5.41, 5.74) is 8.09. The number of halogens is 1. The molecule has 100 valence electrons. The first-order chi connectivity index (χ1) is 9.02. The first kappa shape index (κ1) is 13.4. The Morgan fingerprint density at radius 1 is 1.37 bits per heavy atom. The Morgan fingerprint density at radius 2 is 2.00 bits per heavy atom. The second-order valence-corrected chi connectivity index (χ2v) is 4.65. The van der Waals surface area contributed by atoms with Gasteiger partial charge in [-0.1, -0.05) is 30.7 Å². The topological polar surface area (TPSA) is 87.9 Å². The van der Waals surface area contributed by atoms with Gasteiger partial charge in [-0.25, -0.2) is 4.98 Å². The summed E-state index contributed by atoms with van der Waals surface area (Å²) in [5, 5.41) is 17.8. The predicted octanol–water partition coefficient (Wildman–Crippen LogP) is 1.99.